The van der Waals surface area contributed by atoms with Gasteiger partial charge in [0.05, 0.1) is 18.3 Å². The highest BCUT2D eigenvalue weighted by molar-refractivity contribution is 6.22. The Morgan fingerprint density at radius 3 is 2.71 bits per heavy atom. The summed E-state index contributed by atoms with van der Waals surface area (Å²) in [5, 5.41) is 4.50. The molecule has 0 fully saturated rings. The number of rotatable bonds is 8. The molecule has 1 aromatic heterocycles. The lowest BCUT2D eigenvalue weighted by Gasteiger charge is -2.23. The summed E-state index contributed by atoms with van der Waals surface area (Å²) in [6.45, 7) is 1.58. The zero-order chi connectivity index (χ0) is 27.1. The van der Waals surface area contributed by atoms with Gasteiger partial charge in [0.1, 0.15) is 17.1 Å². The first-order chi connectivity index (χ1) is 18.4. The lowest BCUT2D eigenvalue weighted by molar-refractivity contribution is -0.129. The molecule has 9 nitrogen and oxygen atoms in total. The number of pyridine rings is 1. The SMILES string of the molecule is C/C=C(\C(=O)Nc1ccc(Oc2ccnc3cc(OC)ccc23)c(F)c1)C(=O)N(NC)C1=CCC=NC=C1. The normalized spacial score (nSPS) is 13.1. The third kappa shape index (κ3) is 5.76. The number of amides is 2. The molecule has 38 heavy (non-hydrogen) atoms. The van der Waals surface area contributed by atoms with Crippen LogP contribution in [0.25, 0.3) is 10.9 Å². The van der Waals surface area contributed by atoms with Gasteiger partial charge in [-0.3, -0.25) is 19.6 Å². The van der Waals surface area contributed by atoms with E-state index in [1.165, 1.54) is 23.2 Å². The Hall–Kier alpha value is -4.83. The summed E-state index contributed by atoms with van der Waals surface area (Å²) in [6.07, 6.45) is 10.2. The van der Waals surface area contributed by atoms with Crippen LogP contribution < -0.4 is 20.2 Å². The highest BCUT2D eigenvalue weighted by atomic mass is 19.1. The molecule has 194 valence electrons. The Morgan fingerprint density at radius 1 is 1.13 bits per heavy atom. The van der Waals surface area contributed by atoms with Crippen LogP contribution in [0.15, 0.2) is 89.4 Å². The van der Waals surface area contributed by atoms with Gasteiger partial charge in [0.25, 0.3) is 11.8 Å². The predicted molar refractivity (Wildman–Crippen MR) is 143 cm³/mol. The van der Waals surface area contributed by atoms with Crippen LogP contribution in [0, 0.1) is 5.82 Å². The molecule has 3 aromatic rings. The molecular formula is C28H26FN5O4. The lowest BCUT2D eigenvalue weighted by Crippen LogP contribution is -2.42. The van der Waals surface area contributed by atoms with E-state index in [1.807, 2.05) is 0 Å². The largest absolute Gasteiger partial charge is 0.497 e. The van der Waals surface area contributed by atoms with Gasteiger partial charge >= 0.3 is 0 Å². The van der Waals surface area contributed by atoms with Gasteiger partial charge in [0.15, 0.2) is 11.6 Å². The summed E-state index contributed by atoms with van der Waals surface area (Å²) in [5.41, 5.74) is 4.00. The number of anilines is 1. The molecule has 0 saturated carbocycles. The number of aliphatic imine (C=N–C) groups is 1. The Kier molecular flexibility index (Phi) is 8.24. The van der Waals surface area contributed by atoms with Crippen LogP contribution in [0.1, 0.15) is 13.3 Å². The average molecular weight is 516 g/mol. The molecule has 0 unspecified atom stereocenters. The summed E-state index contributed by atoms with van der Waals surface area (Å²) in [4.78, 5) is 34.4. The average Bonchev–Trinajstić information content (AvgIpc) is 3.20. The maximum Gasteiger partial charge on any atom is 0.277 e. The number of methoxy groups -OCH3 is 1. The number of nitrogens with one attached hydrogen (secondary N) is 2. The molecule has 1 aliphatic heterocycles. The highest BCUT2D eigenvalue weighted by Gasteiger charge is 2.25. The molecule has 10 heteroatoms. The molecule has 4 rings (SSSR count). The smallest absolute Gasteiger partial charge is 0.277 e. The minimum atomic E-state index is -0.694. The van der Waals surface area contributed by atoms with Crippen molar-refractivity contribution in [2.45, 2.75) is 13.3 Å². The second-order valence-corrected chi connectivity index (χ2v) is 7.97. The van der Waals surface area contributed by atoms with Gasteiger partial charge in [-0.15, -0.1) is 0 Å². The van der Waals surface area contributed by atoms with Crippen LogP contribution in [0.2, 0.25) is 0 Å². The van der Waals surface area contributed by atoms with Crippen molar-refractivity contribution in [2.24, 2.45) is 4.99 Å². The molecule has 0 bridgehead atoms. The number of carbonyl (C=O) groups is 2. The Bertz CT molecular complexity index is 1500. The summed E-state index contributed by atoms with van der Waals surface area (Å²) >= 11 is 0. The van der Waals surface area contributed by atoms with Crippen molar-refractivity contribution in [2.75, 3.05) is 19.5 Å². The van der Waals surface area contributed by atoms with Crippen LogP contribution in [0.4, 0.5) is 10.1 Å². The van der Waals surface area contributed by atoms with E-state index in [4.69, 9.17) is 9.47 Å². The first-order valence-electron chi connectivity index (χ1n) is 11.7. The van der Waals surface area contributed by atoms with E-state index in [1.54, 1.807) is 76.1 Å². The lowest BCUT2D eigenvalue weighted by atomic mass is 10.2. The molecule has 1 aliphatic rings. The number of benzene rings is 2. The fourth-order valence-electron chi connectivity index (χ4n) is 3.76. The molecule has 2 amide bonds. The molecule has 0 radical (unpaired) electrons. The van der Waals surface area contributed by atoms with Gasteiger partial charge in [-0.1, -0.05) is 12.2 Å². The summed E-state index contributed by atoms with van der Waals surface area (Å²) in [6, 6.07) is 10.9. The van der Waals surface area contributed by atoms with E-state index in [-0.39, 0.29) is 17.0 Å². The van der Waals surface area contributed by atoms with Crippen LogP contribution >= 0.6 is 0 Å². The second-order valence-electron chi connectivity index (χ2n) is 7.97. The van der Waals surface area contributed by atoms with Crippen LogP contribution in [-0.2, 0) is 9.59 Å². The predicted octanol–water partition coefficient (Wildman–Crippen LogP) is 4.89. The topological polar surface area (TPSA) is 105 Å². The Labute approximate surface area is 219 Å². The van der Waals surface area contributed by atoms with E-state index in [0.29, 0.717) is 34.5 Å². The molecule has 0 atom stereocenters. The van der Waals surface area contributed by atoms with Gasteiger partial charge < -0.3 is 14.8 Å². The Balaban J connectivity index is 1.49. The van der Waals surface area contributed by atoms with Crippen molar-refractivity contribution >= 4 is 34.6 Å². The number of nitrogens with zero attached hydrogens (tertiary/aromatic N) is 3. The number of carbonyl (C=O) groups excluding carboxylic acids is 2. The molecule has 2 heterocycles. The van der Waals surface area contributed by atoms with Crippen molar-refractivity contribution < 1.29 is 23.5 Å². The van der Waals surface area contributed by atoms with Gasteiger partial charge in [-0.05, 0) is 43.3 Å². The molecule has 0 saturated heterocycles. The monoisotopic (exact) mass is 515 g/mol. The van der Waals surface area contributed by atoms with E-state index in [9.17, 15) is 14.0 Å². The quantitative estimate of drug-likeness (QED) is 0.192. The van der Waals surface area contributed by atoms with Crippen molar-refractivity contribution in [1.29, 1.82) is 0 Å². The molecular weight excluding hydrogens is 489 g/mol. The molecule has 0 spiro atoms. The number of fused-ring (bicyclic) bond motifs is 1. The number of aromatic nitrogens is 1. The van der Waals surface area contributed by atoms with Crippen molar-refractivity contribution in [1.82, 2.24) is 15.4 Å². The number of hydrazine groups is 1. The minimum Gasteiger partial charge on any atom is -0.497 e. The number of halogens is 1. The van der Waals surface area contributed by atoms with Crippen molar-refractivity contribution in [3.05, 3.63) is 90.2 Å². The van der Waals surface area contributed by atoms with Crippen LogP contribution in [-0.4, -0.2) is 42.2 Å². The van der Waals surface area contributed by atoms with Crippen molar-refractivity contribution in [3.63, 3.8) is 0 Å². The fraction of sp³-hybridized carbons (Fsp3) is 0.143. The summed E-state index contributed by atoms with van der Waals surface area (Å²) < 4.78 is 26.0. The summed E-state index contributed by atoms with van der Waals surface area (Å²) in [7, 11) is 3.13. The van der Waals surface area contributed by atoms with Crippen molar-refractivity contribution in [3.8, 4) is 17.2 Å². The maximum absolute atomic E-state index is 15.0. The van der Waals surface area contributed by atoms with E-state index in [2.05, 4.69) is 20.7 Å². The number of ether oxygens (including phenoxy) is 2. The highest BCUT2D eigenvalue weighted by Crippen LogP contribution is 2.32. The molecule has 2 aromatic carbocycles. The maximum atomic E-state index is 15.0. The summed E-state index contributed by atoms with van der Waals surface area (Å²) in [5.74, 6) is -0.943. The van der Waals surface area contributed by atoms with Crippen LogP contribution in [0.3, 0.4) is 0 Å². The zero-order valence-electron chi connectivity index (χ0n) is 21.1. The van der Waals surface area contributed by atoms with E-state index in [0.717, 1.165) is 6.07 Å². The van der Waals surface area contributed by atoms with Crippen LogP contribution in [0.5, 0.6) is 17.2 Å². The van der Waals surface area contributed by atoms with Gasteiger partial charge in [-0.2, -0.15) is 0 Å². The second kappa shape index (κ2) is 11.9. The van der Waals surface area contributed by atoms with Gasteiger partial charge in [0.2, 0.25) is 0 Å². The van der Waals surface area contributed by atoms with E-state index < -0.39 is 17.6 Å². The number of hydrogen-bond donors (Lipinski definition) is 2. The molecule has 2 N–H and O–H groups in total. The third-order valence-corrected chi connectivity index (χ3v) is 5.64. The standard InChI is InChI=1S/C28H26FN5O4/c1-4-21(28(36)34(30-2)19-6-5-13-31-14-11-19)27(35)33-18-7-10-26(23(29)16-18)38-25-12-15-32-24-17-20(37-3)8-9-22(24)25/h4,6-17,30H,5H2,1-3H3,(H,33,35)/b21-4+. The number of hydrogen-bond acceptors (Lipinski definition) is 7. The first-order valence-corrected chi connectivity index (χ1v) is 11.7. The first kappa shape index (κ1) is 26.2. The van der Waals surface area contributed by atoms with Gasteiger partial charge in [0, 0.05) is 55.3 Å². The zero-order valence-corrected chi connectivity index (χ0v) is 21.1. The third-order valence-electron chi connectivity index (χ3n) is 5.64. The van der Waals surface area contributed by atoms with Gasteiger partial charge in [-0.25, -0.2) is 14.8 Å². The Morgan fingerprint density at radius 2 is 1.97 bits per heavy atom. The number of allylic oxidation sites excluding steroid dienone is 3. The molecule has 0 aliphatic carbocycles. The minimum absolute atomic E-state index is 0.0377. The van der Waals surface area contributed by atoms with E-state index >= 15 is 0 Å². The fourth-order valence-corrected chi connectivity index (χ4v) is 3.76.